The first kappa shape index (κ1) is 53.2. The lowest BCUT2D eigenvalue weighted by Crippen LogP contribution is -2.26. The lowest BCUT2D eigenvalue weighted by atomic mass is 9.70. The van der Waals surface area contributed by atoms with Gasteiger partial charge in [-0.15, -0.1) is 0 Å². The molecule has 2 aliphatic carbocycles. The molecular weight excluding hydrogens is 1100 g/mol. The highest BCUT2D eigenvalue weighted by Gasteiger charge is 2.52. The molecule has 16 aromatic rings. The van der Waals surface area contributed by atoms with Crippen molar-refractivity contribution < 1.29 is 0 Å². The van der Waals surface area contributed by atoms with Crippen LogP contribution < -0.4 is 0 Å². The summed E-state index contributed by atoms with van der Waals surface area (Å²) in [6.45, 7) is 13.7. The Kier molecular flexibility index (Phi) is 11.5. The number of benzene rings is 14. The van der Waals surface area contributed by atoms with E-state index in [2.05, 4.69) is 342 Å². The van der Waals surface area contributed by atoms with E-state index in [1.54, 1.807) is 0 Å². The number of nitrogens with zero attached hydrogens (tertiary/aromatic N) is 2. The minimum absolute atomic E-state index is 0.0819. The van der Waals surface area contributed by atoms with Crippen LogP contribution in [-0.4, -0.2) is 9.13 Å². The van der Waals surface area contributed by atoms with Crippen molar-refractivity contribution in [2.45, 2.75) is 57.8 Å². The molecule has 18 rings (SSSR count). The summed E-state index contributed by atoms with van der Waals surface area (Å²) >= 11 is 0. The van der Waals surface area contributed by atoms with Gasteiger partial charge in [-0.1, -0.05) is 260 Å². The van der Waals surface area contributed by atoms with Gasteiger partial charge < -0.3 is 9.13 Å². The van der Waals surface area contributed by atoms with Crippen LogP contribution in [0.1, 0.15) is 74.9 Å². The summed E-state index contributed by atoms with van der Waals surface area (Å²) in [7, 11) is 0. The van der Waals surface area contributed by atoms with Crippen molar-refractivity contribution in [3.8, 4) is 78.1 Å². The van der Waals surface area contributed by atoms with E-state index in [1.165, 1.54) is 177 Å². The minimum atomic E-state index is -0.554. The molecule has 0 bridgehead atoms. The Hall–Kier alpha value is -10.8. The number of rotatable bonds is 6. The number of aromatic nitrogens is 2. The number of hydrogen-bond acceptors (Lipinski definition) is 0. The van der Waals surface area contributed by atoms with Crippen LogP contribution in [0.25, 0.3) is 143 Å². The van der Waals surface area contributed by atoms with Gasteiger partial charge in [-0.25, -0.2) is 0 Å². The van der Waals surface area contributed by atoms with Gasteiger partial charge in [-0.2, -0.15) is 0 Å². The van der Waals surface area contributed by atoms with Gasteiger partial charge in [-0.3, -0.25) is 0 Å². The molecule has 2 nitrogen and oxygen atoms in total. The van der Waals surface area contributed by atoms with Crippen LogP contribution in [-0.2, 0) is 16.2 Å². The third-order valence-corrected chi connectivity index (χ3v) is 20.5. The van der Waals surface area contributed by atoms with Crippen molar-refractivity contribution in [3.05, 3.63) is 325 Å². The van der Waals surface area contributed by atoms with E-state index in [0.29, 0.717) is 0 Å². The Morgan fingerprint density at radius 2 is 0.505 bits per heavy atom. The normalized spacial score (nSPS) is 13.3. The molecule has 0 unspecified atom stereocenters. The topological polar surface area (TPSA) is 9.86 Å². The largest absolute Gasteiger partial charge is 0.309 e. The smallest absolute Gasteiger partial charge is 0.0725 e. The maximum atomic E-state index is 2.55. The van der Waals surface area contributed by atoms with E-state index in [-0.39, 0.29) is 10.8 Å². The zero-order chi connectivity index (χ0) is 61.1. The molecule has 2 heterocycles. The summed E-state index contributed by atoms with van der Waals surface area (Å²) in [4.78, 5) is 0. The average Bonchev–Trinajstić information content (AvgIpc) is 1.52. The first-order valence-corrected chi connectivity index (χ1v) is 32.2. The van der Waals surface area contributed by atoms with E-state index >= 15 is 0 Å². The SMILES string of the molecule is CC(C)(C)c1ccc(-n2c3ccccc3c3cc(-c4ccc(-c5ccc6c(c5)C5(c7ccccc7-c7ccccc75)c5cc(-c7ccc(-c8ccc9c(c8)c8ccccc8n9-c8ccc(C(C)(C)C)cc8)c8ccccc78)ccc5-6)c5ccccc45)ccc32)cc1. The second-order valence-electron chi connectivity index (χ2n) is 27.5. The highest BCUT2D eigenvalue weighted by atomic mass is 15.0. The molecule has 0 aliphatic heterocycles. The molecule has 0 N–H and O–H groups in total. The molecule has 2 heteroatoms. The summed E-state index contributed by atoms with van der Waals surface area (Å²) in [6, 6.07) is 111. The van der Waals surface area contributed by atoms with E-state index in [4.69, 9.17) is 0 Å². The second kappa shape index (κ2) is 19.6. The molecule has 432 valence electrons. The van der Waals surface area contributed by atoms with Crippen LogP contribution in [0.4, 0.5) is 0 Å². The lowest BCUT2D eigenvalue weighted by molar-refractivity contribution is 0.590. The number of hydrogen-bond donors (Lipinski definition) is 0. The van der Waals surface area contributed by atoms with Gasteiger partial charge in [0.25, 0.3) is 0 Å². The van der Waals surface area contributed by atoms with Crippen molar-refractivity contribution in [1.29, 1.82) is 0 Å². The van der Waals surface area contributed by atoms with Crippen molar-refractivity contribution >= 4 is 65.2 Å². The van der Waals surface area contributed by atoms with E-state index < -0.39 is 5.41 Å². The van der Waals surface area contributed by atoms with Gasteiger partial charge >= 0.3 is 0 Å². The highest BCUT2D eigenvalue weighted by molar-refractivity contribution is 6.15. The average molecular weight is 1160 g/mol. The Balaban J connectivity index is 0.758. The Morgan fingerprint density at radius 1 is 0.220 bits per heavy atom. The lowest BCUT2D eigenvalue weighted by Gasteiger charge is -2.31. The van der Waals surface area contributed by atoms with E-state index in [9.17, 15) is 0 Å². The van der Waals surface area contributed by atoms with Gasteiger partial charge in [0.05, 0.1) is 27.5 Å². The van der Waals surface area contributed by atoms with Gasteiger partial charge in [0.2, 0.25) is 0 Å². The molecule has 0 atom stereocenters. The third-order valence-electron chi connectivity index (χ3n) is 20.5. The van der Waals surface area contributed by atoms with Gasteiger partial charge in [0.15, 0.2) is 0 Å². The second-order valence-corrected chi connectivity index (χ2v) is 27.5. The quantitative estimate of drug-likeness (QED) is 0.157. The fourth-order valence-electron chi connectivity index (χ4n) is 16.1. The first-order chi connectivity index (χ1) is 44.4. The predicted molar refractivity (Wildman–Crippen MR) is 386 cm³/mol. The molecule has 0 saturated heterocycles. The Bertz CT molecular complexity index is 5360. The Morgan fingerprint density at radius 3 is 0.879 bits per heavy atom. The monoisotopic (exact) mass is 1160 g/mol. The molecule has 2 aromatic heterocycles. The molecular formula is C89H66N2. The fourth-order valence-corrected chi connectivity index (χ4v) is 16.1. The summed E-state index contributed by atoms with van der Waals surface area (Å²) in [5.41, 5.74) is 29.7. The molecule has 1 spiro atoms. The zero-order valence-electron chi connectivity index (χ0n) is 52.1. The standard InChI is InChI=1S/C89H66N2/c1-87(2,3)59-35-39-61(40-36-59)90-83-29-17-13-25-75(83)77-51-55(33-49-85(77)90)63-45-47-65(69-21-9-7-19-67(63)69)57-31-43-73-74-44-32-58(54-82(74)89(81(73)53-57)79-27-15-11-23-71(79)72-24-12-16-28-80(72)89)66-48-46-64(68-20-8-10-22-70(66)68)56-34-50-86-78(52-56)76-26-14-18-30-84(76)91(86)62-41-37-60(38-42-62)88(4,5)6/h7-54H,1-6H3. The number of para-hydroxylation sites is 2. The van der Waals surface area contributed by atoms with Crippen LogP contribution in [0.2, 0.25) is 0 Å². The van der Waals surface area contributed by atoms with Crippen LogP contribution in [0.15, 0.2) is 291 Å². The maximum absolute atomic E-state index is 2.55. The number of fused-ring (bicyclic) bond motifs is 18. The molecule has 0 radical (unpaired) electrons. The fraction of sp³-hybridized carbons (Fsp3) is 0.101. The third kappa shape index (κ3) is 7.85. The predicted octanol–water partition coefficient (Wildman–Crippen LogP) is 23.8. The summed E-state index contributed by atoms with van der Waals surface area (Å²) in [5.74, 6) is 0. The summed E-state index contributed by atoms with van der Waals surface area (Å²) in [5, 5.41) is 9.98. The summed E-state index contributed by atoms with van der Waals surface area (Å²) in [6.07, 6.45) is 0. The maximum Gasteiger partial charge on any atom is 0.0725 e. The van der Waals surface area contributed by atoms with Crippen molar-refractivity contribution in [2.24, 2.45) is 0 Å². The van der Waals surface area contributed by atoms with Gasteiger partial charge in [-0.05, 0) is 205 Å². The van der Waals surface area contributed by atoms with Crippen LogP contribution in [0, 0.1) is 0 Å². The van der Waals surface area contributed by atoms with E-state index in [0.717, 1.165) is 0 Å². The summed E-state index contributed by atoms with van der Waals surface area (Å²) < 4.78 is 4.86. The molecule has 0 fully saturated rings. The van der Waals surface area contributed by atoms with Gasteiger partial charge in [0, 0.05) is 32.9 Å². The van der Waals surface area contributed by atoms with Crippen molar-refractivity contribution in [1.82, 2.24) is 9.13 Å². The van der Waals surface area contributed by atoms with Crippen molar-refractivity contribution in [2.75, 3.05) is 0 Å². The van der Waals surface area contributed by atoms with Crippen LogP contribution >= 0.6 is 0 Å². The molecule has 0 amide bonds. The minimum Gasteiger partial charge on any atom is -0.309 e. The van der Waals surface area contributed by atoms with Crippen LogP contribution in [0.3, 0.4) is 0 Å². The Labute approximate surface area is 531 Å². The molecule has 0 saturated carbocycles. The van der Waals surface area contributed by atoms with Gasteiger partial charge in [0.1, 0.15) is 0 Å². The van der Waals surface area contributed by atoms with Crippen LogP contribution in [0.5, 0.6) is 0 Å². The molecule has 91 heavy (non-hydrogen) atoms. The highest BCUT2D eigenvalue weighted by Crippen LogP contribution is 2.64. The van der Waals surface area contributed by atoms with E-state index in [1.807, 2.05) is 0 Å². The zero-order valence-corrected chi connectivity index (χ0v) is 52.1. The molecule has 2 aliphatic rings. The molecule has 14 aromatic carbocycles. The first-order valence-electron chi connectivity index (χ1n) is 32.2. The van der Waals surface area contributed by atoms with Crippen molar-refractivity contribution in [3.63, 3.8) is 0 Å².